The van der Waals surface area contributed by atoms with Crippen LogP contribution in [0.3, 0.4) is 0 Å². The van der Waals surface area contributed by atoms with Crippen molar-refractivity contribution in [1.82, 2.24) is 14.9 Å². The van der Waals surface area contributed by atoms with E-state index in [9.17, 15) is 0 Å². The summed E-state index contributed by atoms with van der Waals surface area (Å²) < 4.78 is 5.14. The molecule has 100 valence electrons. The topological polar surface area (TPSA) is 38.2 Å². The number of aromatic nitrogens is 2. The summed E-state index contributed by atoms with van der Waals surface area (Å²) in [5, 5.41) is 0.548. The molecule has 4 nitrogen and oxygen atoms in total. The molecule has 1 aromatic heterocycles. The highest BCUT2D eigenvalue weighted by molar-refractivity contribution is 6.29. The van der Waals surface area contributed by atoms with Gasteiger partial charge in [0.25, 0.3) is 0 Å². The molecule has 0 saturated carbocycles. The van der Waals surface area contributed by atoms with Crippen molar-refractivity contribution >= 4 is 11.6 Å². The second-order valence-corrected chi connectivity index (χ2v) is 5.18. The van der Waals surface area contributed by atoms with E-state index in [4.69, 9.17) is 16.3 Å². The van der Waals surface area contributed by atoms with Crippen LogP contribution in [-0.2, 0) is 4.74 Å². The average Bonchev–Trinajstić information content (AvgIpc) is 2.35. The summed E-state index contributed by atoms with van der Waals surface area (Å²) in [5.74, 6) is 1.22. The van der Waals surface area contributed by atoms with Gasteiger partial charge in [-0.15, -0.1) is 0 Å². The van der Waals surface area contributed by atoms with Crippen LogP contribution in [0.25, 0.3) is 0 Å². The van der Waals surface area contributed by atoms with E-state index < -0.39 is 0 Å². The molecule has 1 saturated heterocycles. The van der Waals surface area contributed by atoms with Crippen LogP contribution in [0.2, 0.25) is 5.15 Å². The first-order valence-corrected chi connectivity index (χ1v) is 6.79. The van der Waals surface area contributed by atoms with Gasteiger partial charge in [0, 0.05) is 31.8 Å². The first-order valence-electron chi connectivity index (χ1n) is 6.41. The molecule has 18 heavy (non-hydrogen) atoms. The molecule has 0 aliphatic carbocycles. The Labute approximate surface area is 113 Å². The van der Waals surface area contributed by atoms with Gasteiger partial charge in [0.2, 0.25) is 0 Å². The van der Waals surface area contributed by atoms with Gasteiger partial charge in [-0.1, -0.05) is 11.6 Å². The molecule has 0 spiro atoms. The Balaban J connectivity index is 2.03. The minimum atomic E-state index is 0.467. The van der Waals surface area contributed by atoms with Crippen molar-refractivity contribution in [2.45, 2.75) is 25.7 Å². The molecule has 0 bridgehead atoms. The van der Waals surface area contributed by atoms with Crippen LogP contribution in [0.4, 0.5) is 0 Å². The molecule has 1 unspecified atom stereocenters. The fourth-order valence-electron chi connectivity index (χ4n) is 2.48. The summed E-state index contributed by atoms with van der Waals surface area (Å²) in [7, 11) is 1.75. The molecule has 1 fully saturated rings. The SMILES string of the molecule is COCCN1CCCC(c2cc(Cl)nc(C)n2)C1. The van der Waals surface area contributed by atoms with Crippen molar-refractivity contribution in [3.05, 3.63) is 22.7 Å². The maximum absolute atomic E-state index is 6.00. The normalized spacial score (nSPS) is 21.2. The lowest BCUT2D eigenvalue weighted by Crippen LogP contribution is -2.36. The second kappa shape index (κ2) is 6.45. The quantitative estimate of drug-likeness (QED) is 0.786. The van der Waals surface area contributed by atoms with E-state index in [0.29, 0.717) is 11.1 Å². The number of ether oxygens (including phenoxy) is 1. The summed E-state index contributed by atoms with van der Waals surface area (Å²) in [6.07, 6.45) is 2.38. The zero-order valence-corrected chi connectivity index (χ0v) is 11.8. The van der Waals surface area contributed by atoms with E-state index in [0.717, 1.165) is 37.8 Å². The van der Waals surface area contributed by atoms with Gasteiger partial charge in [-0.2, -0.15) is 0 Å². The number of halogens is 1. The highest BCUT2D eigenvalue weighted by Gasteiger charge is 2.22. The van der Waals surface area contributed by atoms with Crippen LogP contribution in [0.5, 0.6) is 0 Å². The summed E-state index contributed by atoms with van der Waals surface area (Å²) in [6.45, 7) is 5.86. The molecule has 1 aliphatic rings. The Hall–Kier alpha value is -0.710. The third-order valence-electron chi connectivity index (χ3n) is 3.36. The van der Waals surface area contributed by atoms with Gasteiger partial charge >= 0.3 is 0 Å². The van der Waals surface area contributed by atoms with Crippen LogP contribution in [0.15, 0.2) is 6.07 Å². The predicted octanol–water partition coefficient (Wildman–Crippen LogP) is 2.26. The molecule has 0 radical (unpaired) electrons. The highest BCUT2D eigenvalue weighted by atomic mass is 35.5. The Bertz CT molecular complexity index is 380. The van der Waals surface area contributed by atoms with E-state index in [1.54, 1.807) is 7.11 Å². The van der Waals surface area contributed by atoms with Crippen molar-refractivity contribution < 1.29 is 4.74 Å². The Morgan fingerprint density at radius 2 is 2.33 bits per heavy atom. The molecule has 5 heteroatoms. The molecule has 1 atom stereocenters. The van der Waals surface area contributed by atoms with Crippen molar-refractivity contribution in [1.29, 1.82) is 0 Å². The van der Waals surface area contributed by atoms with Crippen molar-refractivity contribution in [3.8, 4) is 0 Å². The lowest BCUT2D eigenvalue weighted by atomic mass is 9.94. The zero-order valence-electron chi connectivity index (χ0n) is 11.0. The molecular weight excluding hydrogens is 250 g/mol. The van der Waals surface area contributed by atoms with Crippen LogP contribution in [0.1, 0.15) is 30.3 Å². The van der Waals surface area contributed by atoms with E-state index in [1.807, 2.05) is 13.0 Å². The highest BCUT2D eigenvalue weighted by Crippen LogP contribution is 2.26. The van der Waals surface area contributed by atoms with Gasteiger partial charge in [-0.25, -0.2) is 9.97 Å². The number of methoxy groups -OCH3 is 1. The smallest absolute Gasteiger partial charge is 0.133 e. The van der Waals surface area contributed by atoms with E-state index in [1.165, 1.54) is 12.8 Å². The average molecular weight is 270 g/mol. The largest absolute Gasteiger partial charge is 0.383 e. The van der Waals surface area contributed by atoms with Crippen molar-refractivity contribution in [3.63, 3.8) is 0 Å². The number of piperidine rings is 1. The molecule has 2 heterocycles. The molecule has 1 aliphatic heterocycles. The zero-order chi connectivity index (χ0) is 13.0. The van der Waals surface area contributed by atoms with Crippen LogP contribution in [0, 0.1) is 6.92 Å². The monoisotopic (exact) mass is 269 g/mol. The first kappa shape index (κ1) is 13.7. The van der Waals surface area contributed by atoms with Crippen LogP contribution >= 0.6 is 11.6 Å². The minimum Gasteiger partial charge on any atom is -0.383 e. The third kappa shape index (κ3) is 3.64. The van der Waals surface area contributed by atoms with Gasteiger partial charge in [-0.05, 0) is 32.4 Å². The number of likely N-dealkylation sites (tertiary alicyclic amines) is 1. The van der Waals surface area contributed by atoms with Crippen molar-refractivity contribution in [2.24, 2.45) is 0 Å². The van der Waals surface area contributed by atoms with Crippen LogP contribution in [-0.4, -0.2) is 48.2 Å². The summed E-state index contributed by atoms with van der Waals surface area (Å²) in [5.41, 5.74) is 1.08. The van der Waals surface area contributed by atoms with E-state index >= 15 is 0 Å². The van der Waals surface area contributed by atoms with Crippen LogP contribution < -0.4 is 0 Å². The van der Waals surface area contributed by atoms with Gasteiger partial charge in [0.05, 0.1) is 6.61 Å². The molecule has 0 amide bonds. The lowest BCUT2D eigenvalue weighted by Gasteiger charge is -2.32. The molecule has 0 aromatic carbocycles. The Morgan fingerprint density at radius 3 is 3.06 bits per heavy atom. The number of hydrogen-bond donors (Lipinski definition) is 0. The number of aryl methyl sites for hydroxylation is 1. The number of rotatable bonds is 4. The van der Waals surface area contributed by atoms with Crippen molar-refractivity contribution in [2.75, 3.05) is 33.4 Å². The molecule has 0 N–H and O–H groups in total. The van der Waals surface area contributed by atoms with Gasteiger partial charge in [0.1, 0.15) is 11.0 Å². The minimum absolute atomic E-state index is 0.467. The summed E-state index contributed by atoms with van der Waals surface area (Å²) >= 11 is 6.00. The summed E-state index contributed by atoms with van der Waals surface area (Å²) in [4.78, 5) is 11.1. The van der Waals surface area contributed by atoms with E-state index in [2.05, 4.69) is 14.9 Å². The summed E-state index contributed by atoms with van der Waals surface area (Å²) in [6, 6.07) is 1.90. The molecule has 1 aromatic rings. The van der Waals surface area contributed by atoms with E-state index in [-0.39, 0.29) is 0 Å². The predicted molar refractivity (Wildman–Crippen MR) is 72.1 cm³/mol. The van der Waals surface area contributed by atoms with Gasteiger partial charge in [-0.3, -0.25) is 0 Å². The lowest BCUT2D eigenvalue weighted by molar-refractivity contribution is 0.127. The third-order valence-corrected chi connectivity index (χ3v) is 3.56. The van der Waals surface area contributed by atoms with Gasteiger partial charge in [0.15, 0.2) is 0 Å². The fraction of sp³-hybridized carbons (Fsp3) is 0.692. The second-order valence-electron chi connectivity index (χ2n) is 4.80. The van der Waals surface area contributed by atoms with Gasteiger partial charge < -0.3 is 9.64 Å². The molecule has 2 rings (SSSR count). The number of hydrogen-bond acceptors (Lipinski definition) is 4. The Morgan fingerprint density at radius 1 is 1.50 bits per heavy atom. The Kier molecular flexibility index (Phi) is 4.92. The number of nitrogens with zero attached hydrogens (tertiary/aromatic N) is 3. The fourth-order valence-corrected chi connectivity index (χ4v) is 2.72. The maximum Gasteiger partial charge on any atom is 0.133 e. The molecular formula is C13H20ClN3O. The standard InChI is InChI=1S/C13H20ClN3O/c1-10-15-12(8-13(14)16-10)11-4-3-5-17(9-11)6-7-18-2/h8,11H,3-7,9H2,1-2H3. The maximum atomic E-state index is 6.00. The first-order chi connectivity index (χ1) is 8.69.